The minimum absolute atomic E-state index is 0.782. The number of H-pyrrole nitrogens is 1. The van der Waals surface area contributed by atoms with E-state index in [1.807, 2.05) is 12.3 Å². The van der Waals surface area contributed by atoms with Crippen molar-refractivity contribution in [2.75, 3.05) is 0 Å². The van der Waals surface area contributed by atoms with Crippen LogP contribution in [0.1, 0.15) is 25.7 Å². The number of rotatable bonds is 3. The van der Waals surface area contributed by atoms with E-state index in [9.17, 15) is 0 Å². The summed E-state index contributed by atoms with van der Waals surface area (Å²) < 4.78 is 3.88. The number of nitrogens with one attached hydrogen (secondary N) is 1. The number of pyridine rings is 1. The largest absolute Gasteiger partial charge is 0.329 e. The van der Waals surface area contributed by atoms with E-state index in [0.29, 0.717) is 0 Å². The summed E-state index contributed by atoms with van der Waals surface area (Å²) in [5, 5.41) is 0. The van der Waals surface area contributed by atoms with Gasteiger partial charge in [0.25, 0.3) is 0 Å². The van der Waals surface area contributed by atoms with E-state index >= 15 is 0 Å². The molecule has 2 aromatic rings. The van der Waals surface area contributed by atoms with Gasteiger partial charge in [0.15, 0.2) is 10.4 Å². The summed E-state index contributed by atoms with van der Waals surface area (Å²) in [6.07, 6.45) is 7.21. The Morgan fingerprint density at radius 1 is 1.53 bits per heavy atom. The van der Waals surface area contributed by atoms with E-state index in [1.165, 1.54) is 25.7 Å². The molecule has 2 aromatic heterocycles. The van der Waals surface area contributed by atoms with E-state index in [1.54, 1.807) is 0 Å². The van der Waals surface area contributed by atoms with Gasteiger partial charge in [-0.2, -0.15) is 0 Å². The molecule has 2 heterocycles. The number of hydrogen-bond acceptors (Lipinski definition) is 2. The maximum absolute atomic E-state index is 5.35. The summed E-state index contributed by atoms with van der Waals surface area (Å²) in [6.45, 7) is 0.984. The van der Waals surface area contributed by atoms with Gasteiger partial charge >= 0.3 is 0 Å². The molecule has 0 radical (unpaired) electrons. The molecule has 0 bridgehead atoms. The molecule has 0 unspecified atom stereocenters. The van der Waals surface area contributed by atoms with Crippen LogP contribution < -0.4 is 0 Å². The predicted octanol–water partition coefficient (Wildman–Crippen LogP) is 4.05. The highest BCUT2D eigenvalue weighted by atomic mass is 79.9. The van der Waals surface area contributed by atoms with Crippen LogP contribution >= 0.6 is 28.1 Å². The lowest BCUT2D eigenvalue weighted by Gasteiger charge is -2.25. The van der Waals surface area contributed by atoms with Gasteiger partial charge in [0, 0.05) is 17.2 Å². The molecule has 0 spiro atoms. The van der Waals surface area contributed by atoms with Gasteiger partial charge < -0.3 is 9.55 Å². The van der Waals surface area contributed by atoms with Crippen molar-refractivity contribution in [3.05, 3.63) is 21.5 Å². The molecule has 1 N–H and O–H groups in total. The maximum atomic E-state index is 5.35. The summed E-state index contributed by atoms with van der Waals surface area (Å²) in [4.78, 5) is 7.65. The van der Waals surface area contributed by atoms with Crippen LogP contribution in [0, 0.1) is 10.7 Å². The third-order valence-electron chi connectivity index (χ3n) is 3.56. The van der Waals surface area contributed by atoms with Gasteiger partial charge in [-0.3, -0.25) is 0 Å². The normalized spacial score (nSPS) is 16.3. The van der Waals surface area contributed by atoms with Crippen LogP contribution in [0.4, 0.5) is 0 Å². The molecular weight excluding hydrogens is 298 g/mol. The second kappa shape index (κ2) is 4.53. The molecule has 1 saturated carbocycles. The number of imidazole rings is 1. The number of nitrogens with zero attached hydrogens (tertiary/aromatic N) is 2. The number of hydrogen-bond donors (Lipinski definition) is 1. The lowest BCUT2D eigenvalue weighted by atomic mass is 9.83. The summed E-state index contributed by atoms with van der Waals surface area (Å²) in [5.41, 5.74) is 1.98. The van der Waals surface area contributed by atoms with Crippen LogP contribution in [0.2, 0.25) is 0 Å². The third kappa shape index (κ3) is 2.18. The van der Waals surface area contributed by atoms with Crippen molar-refractivity contribution >= 4 is 39.3 Å². The minimum atomic E-state index is 0.782. The average Bonchev–Trinajstić information content (AvgIpc) is 2.52. The molecule has 0 aromatic carbocycles. The summed E-state index contributed by atoms with van der Waals surface area (Å²) in [7, 11) is 0. The molecule has 5 heteroatoms. The molecular formula is C12H14BrN3S. The Bertz CT molecular complexity index is 597. The second-order valence-electron chi connectivity index (χ2n) is 4.69. The fraction of sp³-hybridized carbons (Fsp3) is 0.500. The van der Waals surface area contributed by atoms with Crippen LogP contribution in [0.5, 0.6) is 0 Å². The second-order valence-corrected chi connectivity index (χ2v) is 5.99. The zero-order chi connectivity index (χ0) is 11.8. The number of aromatic nitrogens is 3. The Labute approximate surface area is 113 Å². The van der Waals surface area contributed by atoms with Crippen molar-refractivity contribution in [1.29, 1.82) is 0 Å². The Morgan fingerprint density at radius 2 is 2.35 bits per heavy atom. The van der Waals surface area contributed by atoms with Gasteiger partial charge in [0.05, 0.1) is 5.52 Å². The lowest BCUT2D eigenvalue weighted by Crippen LogP contribution is -2.14. The van der Waals surface area contributed by atoms with Crippen molar-refractivity contribution in [3.8, 4) is 0 Å². The van der Waals surface area contributed by atoms with Crippen molar-refractivity contribution in [2.45, 2.75) is 32.2 Å². The zero-order valence-electron chi connectivity index (χ0n) is 9.45. The molecule has 0 aliphatic heterocycles. The first-order valence-electron chi connectivity index (χ1n) is 5.98. The number of halogens is 1. The van der Waals surface area contributed by atoms with E-state index in [2.05, 4.69) is 30.5 Å². The molecule has 17 heavy (non-hydrogen) atoms. The minimum Gasteiger partial charge on any atom is -0.329 e. The Kier molecular flexibility index (Phi) is 3.04. The molecule has 90 valence electrons. The smallest absolute Gasteiger partial charge is 0.179 e. The molecule has 1 aliphatic carbocycles. The Morgan fingerprint density at radius 3 is 3.06 bits per heavy atom. The topological polar surface area (TPSA) is 33.6 Å². The monoisotopic (exact) mass is 311 g/mol. The summed E-state index contributed by atoms with van der Waals surface area (Å²) in [5.74, 6) is 0.900. The molecule has 3 rings (SSSR count). The van der Waals surface area contributed by atoms with Crippen LogP contribution in [-0.2, 0) is 6.54 Å². The SMILES string of the molecule is S=c1[nH]c2cc(Br)cnc2n1CCC1CCC1. The van der Waals surface area contributed by atoms with Gasteiger partial charge in [-0.05, 0) is 46.6 Å². The van der Waals surface area contributed by atoms with Gasteiger partial charge in [0.2, 0.25) is 0 Å². The van der Waals surface area contributed by atoms with E-state index in [-0.39, 0.29) is 0 Å². The third-order valence-corrected chi connectivity index (χ3v) is 4.32. The van der Waals surface area contributed by atoms with Gasteiger partial charge in [-0.15, -0.1) is 0 Å². The first-order chi connectivity index (χ1) is 8.24. The number of fused-ring (bicyclic) bond motifs is 1. The molecule has 3 nitrogen and oxygen atoms in total. The van der Waals surface area contributed by atoms with Crippen LogP contribution in [0.25, 0.3) is 11.2 Å². The van der Waals surface area contributed by atoms with Crippen molar-refractivity contribution < 1.29 is 0 Å². The van der Waals surface area contributed by atoms with Crippen molar-refractivity contribution in [3.63, 3.8) is 0 Å². The molecule has 1 fully saturated rings. The van der Waals surface area contributed by atoms with E-state index < -0.39 is 0 Å². The summed E-state index contributed by atoms with van der Waals surface area (Å²) in [6, 6.07) is 2.03. The highest BCUT2D eigenvalue weighted by Gasteiger charge is 2.17. The Hall–Kier alpha value is -0.680. The van der Waals surface area contributed by atoms with Crippen molar-refractivity contribution in [1.82, 2.24) is 14.5 Å². The van der Waals surface area contributed by atoms with E-state index in [0.717, 1.165) is 32.9 Å². The molecule has 0 saturated heterocycles. The lowest BCUT2D eigenvalue weighted by molar-refractivity contribution is 0.283. The highest BCUT2D eigenvalue weighted by molar-refractivity contribution is 9.10. The first kappa shape index (κ1) is 11.4. The fourth-order valence-electron chi connectivity index (χ4n) is 2.32. The van der Waals surface area contributed by atoms with Gasteiger partial charge in [0.1, 0.15) is 0 Å². The fourth-order valence-corrected chi connectivity index (χ4v) is 2.94. The quantitative estimate of drug-likeness (QED) is 0.868. The Balaban J connectivity index is 1.91. The first-order valence-corrected chi connectivity index (χ1v) is 7.18. The number of aryl methyl sites for hydroxylation is 1. The maximum Gasteiger partial charge on any atom is 0.179 e. The number of aromatic amines is 1. The molecule has 0 atom stereocenters. The predicted molar refractivity (Wildman–Crippen MR) is 74.6 cm³/mol. The highest BCUT2D eigenvalue weighted by Crippen LogP contribution is 2.30. The average molecular weight is 312 g/mol. The summed E-state index contributed by atoms with van der Waals surface area (Å²) >= 11 is 8.78. The molecule has 0 amide bonds. The standard InChI is InChI=1S/C12H14BrN3S/c13-9-6-10-11(14-7-9)16(12(17)15-10)5-4-8-2-1-3-8/h6-8H,1-5H2,(H,15,17). The van der Waals surface area contributed by atoms with Crippen molar-refractivity contribution in [2.24, 2.45) is 5.92 Å². The van der Waals surface area contributed by atoms with E-state index in [4.69, 9.17) is 12.2 Å². The van der Waals surface area contributed by atoms with Crippen LogP contribution in [-0.4, -0.2) is 14.5 Å². The van der Waals surface area contributed by atoms with Gasteiger partial charge in [-0.25, -0.2) is 4.98 Å². The zero-order valence-corrected chi connectivity index (χ0v) is 11.9. The molecule has 1 aliphatic rings. The van der Waals surface area contributed by atoms with Crippen LogP contribution in [0.15, 0.2) is 16.7 Å². The van der Waals surface area contributed by atoms with Gasteiger partial charge in [-0.1, -0.05) is 19.3 Å². The van der Waals surface area contributed by atoms with Crippen LogP contribution in [0.3, 0.4) is 0 Å².